The van der Waals surface area contributed by atoms with E-state index in [1.165, 1.54) is 6.92 Å². The monoisotopic (exact) mass is 447 g/mol. The van der Waals surface area contributed by atoms with Gasteiger partial charge in [0.1, 0.15) is 5.60 Å². The Labute approximate surface area is 191 Å². The lowest BCUT2D eigenvalue weighted by molar-refractivity contribution is -0.126. The van der Waals surface area contributed by atoms with Gasteiger partial charge in [0.15, 0.2) is 6.17 Å². The molecular formula is C25H38FN3O3. The number of alkyl halides is 1. The summed E-state index contributed by atoms with van der Waals surface area (Å²) < 4.78 is 19.6. The van der Waals surface area contributed by atoms with Crippen LogP contribution in [0.1, 0.15) is 77.0 Å². The Kier molecular flexibility index (Phi) is 7.61. The van der Waals surface area contributed by atoms with E-state index in [1.54, 1.807) is 6.08 Å². The Balaban J connectivity index is 1.75. The summed E-state index contributed by atoms with van der Waals surface area (Å²) in [7, 11) is 0. The second kappa shape index (κ2) is 9.87. The number of halogens is 1. The molecule has 2 aliphatic rings. The zero-order valence-corrected chi connectivity index (χ0v) is 19.8. The van der Waals surface area contributed by atoms with Gasteiger partial charge in [-0.05, 0) is 56.1 Å². The van der Waals surface area contributed by atoms with E-state index in [-0.39, 0.29) is 23.6 Å². The molecule has 32 heavy (non-hydrogen) atoms. The lowest BCUT2D eigenvalue weighted by atomic mass is 9.73. The fourth-order valence-electron chi connectivity index (χ4n) is 4.54. The summed E-state index contributed by atoms with van der Waals surface area (Å²) in [5, 5.41) is 16.8. The average molecular weight is 448 g/mol. The van der Waals surface area contributed by atoms with Crippen molar-refractivity contribution in [2.75, 3.05) is 6.54 Å². The third-order valence-electron chi connectivity index (χ3n) is 6.35. The molecule has 0 unspecified atom stereocenters. The third-order valence-corrected chi connectivity index (χ3v) is 6.35. The predicted molar refractivity (Wildman–Crippen MR) is 123 cm³/mol. The van der Waals surface area contributed by atoms with Crippen LogP contribution in [0.15, 0.2) is 24.9 Å². The van der Waals surface area contributed by atoms with Crippen molar-refractivity contribution in [3.63, 3.8) is 0 Å². The van der Waals surface area contributed by atoms with E-state index in [0.717, 1.165) is 43.2 Å². The minimum Gasteiger partial charge on any atom is -0.471 e. The van der Waals surface area contributed by atoms with Crippen molar-refractivity contribution in [2.45, 2.75) is 96.2 Å². The molecule has 1 aliphatic carbocycles. The van der Waals surface area contributed by atoms with E-state index in [4.69, 9.17) is 4.74 Å². The van der Waals surface area contributed by atoms with Crippen LogP contribution < -0.4 is 15.4 Å². The Morgan fingerprint density at radius 1 is 1.47 bits per heavy atom. The molecule has 1 saturated carbocycles. The number of ether oxygens (including phenoxy) is 1. The molecule has 1 aromatic rings. The summed E-state index contributed by atoms with van der Waals surface area (Å²) in [4.78, 5) is 16.5. The van der Waals surface area contributed by atoms with E-state index in [0.29, 0.717) is 12.3 Å². The summed E-state index contributed by atoms with van der Waals surface area (Å²) in [6.07, 6.45) is 6.23. The number of aliphatic hydroxyl groups excluding tert-OH is 1. The molecule has 1 aromatic heterocycles. The molecule has 1 aliphatic heterocycles. The molecule has 178 valence electrons. The van der Waals surface area contributed by atoms with Gasteiger partial charge in [-0.2, -0.15) is 0 Å². The fourth-order valence-corrected chi connectivity index (χ4v) is 4.54. The number of pyridine rings is 1. The Hall–Kier alpha value is -1.99. The van der Waals surface area contributed by atoms with Crippen LogP contribution in [-0.2, 0) is 11.2 Å². The van der Waals surface area contributed by atoms with Gasteiger partial charge in [-0.25, -0.2) is 9.37 Å². The third kappa shape index (κ3) is 6.07. The number of nitrogens with one attached hydrogen (secondary N) is 2. The van der Waals surface area contributed by atoms with Crippen molar-refractivity contribution in [1.29, 1.82) is 0 Å². The second-order valence-corrected chi connectivity index (χ2v) is 10.6. The molecule has 3 rings (SSSR count). The van der Waals surface area contributed by atoms with Gasteiger partial charge in [0.2, 0.25) is 5.88 Å². The SMILES string of the molecule is C=CC[C@H](NC(=O)[C@H](C)F)[C@H](O)CN[C@H]1CC2(CCC2)Oc2ncc(CC(C)(C)C)cc21. The van der Waals surface area contributed by atoms with Crippen molar-refractivity contribution < 1.29 is 19.0 Å². The maximum Gasteiger partial charge on any atom is 0.254 e. The Morgan fingerprint density at radius 3 is 2.75 bits per heavy atom. The van der Waals surface area contributed by atoms with E-state index < -0.39 is 24.2 Å². The summed E-state index contributed by atoms with van der Waals surface area (Å²) in [5.74, 6) is -0.0560. The molecule has 7 heteroatoms. The lowest BCUT2D eigenvalue weighted by Crippen LogP contribution is -2.52. The minimum absolute atomic E-state index is 0.0127. The number of nitrogens with zero attached hydrogens (tertiary/aromatic N) is 1. The molecule has 1 spiro atoms. The van der Waals surface area contributed by atoms with Crippen molar-refractivity contribution in [3.05, 3.63) is 36.0 Å². The number of fused-ring (bicyclic) bond motifs is 1. The van der Waals surface area contributed by atoms with Gasteiger partial charge in [-0.15, -0.1) is 6.58 Å². The van der Waals surface area contributed by atoms with Crippen molar-refractivity contribution in [1.82, 2.24) is 15.6 Å². The first kappa shape index (κ1) is 24.6. The van der Waals surface area contributed by atoms with Gasteiger partial charge in [0.05, 0.1) is 12.1 Å². The van der Waals surface area contributed by atoms with Crippen LogP contribution in [0.5, 0.6) is 5.88 Å². The molecular weight excluding hydrogens is 409 g/mol. The molecule has 0 bridgehead atoms. The Morgan fingerprint density at radius 2 is 2.19 bits per heavy atom. The summed E-state index contributed by atoms with van der Waals surface area (Å²) in [5.41, 5.74) is 2.12. The maximum absolute atomic E-state index is 13.3. The highest BCUT2D eigenvalue weighted by Gasteiger charge is 2.46. The lowest BCUT2D eigenvalue weighted by Gasteiger charge is -2.47. The number of carbonyl (C=O) groups excluding carboxylic acids is 1. The zero-order valence-electron chi connectivity index (χ0n) is 19.8. The van der Waals surface area contributed by atoms with E-state index in [9.17, 15) is 14.3 Å². The molecule has 0 saturated heterocycles. The predicted octanol–water partition coefficient (Wildman–Crippen LogP) is 3.79. The minimum atomic E-state index is -1.63. The summed E-state index contributed by atoms with van der Waals surface area (Å²) >= 11 is 0. The highest BCUT2D eigenvalue weighted by molar-refractivity contribution is 5.80. The van der Waals surface area contributed by atoms with Crippen LogP contribution in [0.25, 0.3) is 0 Å². The zero-order chi connectivity index (χ0) is 23.5. The highest BCUT2D eigenvalue weighted by Crippen LogP contribution is 2.48. The second-order valence-electron chi connectivity index (χ2n) is 10.6. The van der Waals surface area contributed by atoms with Gasteiger partial charge in [-0.1, -0.05) is 26.8 Å². The number of hydrogen-bond donors (Lipinski definition) is 3. The number of hydrogen-bond acceptors (Lipinski definition) is 5. The van der Waals surface area contributed by atoms with Crippen molar-refractivity contribution in [3.8, 4) is 5.88 Å². The highest BCUT2D eigenvalue weighted by atomic mass is 19.1. The van der Waals surface area contributed by atoms with Crippen LogP contribution in [-0.4, -0.2) is 46.5 Å². The smallest absolute Gasteiger partial charge is 0.254 e. The number of aliphatic hydroxyl groups is 1. The quantitative estimate of drug-likeness (QED) is 0.502. The summed E-state index contributed by atoms with van der Waals surface area (Å²) in [6.45, 7) is 11.7. The van der Waals surface area contributed by atoms with Gasteiger partial charge >= 0.3 is 0 Å². The van der Waals surface area contributed by atoms with Gasteiger partial charge < -0.3 is 20.5 Å². The number of rotatable bonds is 9. The molecule has 1 amide bonds. The molecule has 0 aromatic carbocycles. The first-order valence-corrected chi connectivity index (χ1v) is 11.7. The summed E-state index contributed by atoms with van der Waals surface area (Å²) in [6, 6.07) is 1.55. The standard InChI is InChI=1S/C25H38FN3O3/c1-6-8-19(29-22(31)16(2)26)21(30)15-27-20-13-25(9-7-10-25)32-23-18(20)11-17(14-28-23)12-24(3,4)5/h6,11,14,16,19-21,27,30H,1,7-10,12-13,15H2,2-5H3,(H,29,31)/t16-,19-,20-,21+/m0/s1. The molecule has 0 radical (unpaired) electrons. The van der Waals surface area contributed by atoms with Crippen LogP contribution in [0.2, 0.25) is 0 Å². The number of aromatic nitrogens is 1. The fraction of sp³-hybridized carbons (Fsp3) is 0.680. The normalized spacial score (nSPS) is 22.1. The molecule has 3 N–H and O–H groups in total. The van der Waals surface area contributed by atoms with Crippen LogP contribution in [0, 0.1) is 5.41 Å². The topological polar surface area (TPSA) is 83.5 Å². The molecule has 4 atom stereocenters. The number of amides is 1. The van der Waals surface area contributed by atoms with E-state index in [2.05, 4.69) is 49.0 Å². The van der Waals surface area contributed by atoms with Crippen molar-refractivity contribution in [2.24, 2.45) is 5.41 Å². The maximum atomic E-state index is 13.3. The van der Waals surface area contributed by atoms with Crippen LogP contribution in [0.3, 0.4) is 0 Å². The largest absolute Gasteiger partial charge is 0.471 e. The van der Waals surface area contributed by atoms with Gasteiger partial charge in [-0.3, -0.25) is 4.79 Å². The number of carbonyl (C=O) groups is 1. The van der Waals surface area contributed by atoms with Gasteiger partial charge in [0.25, 0.3) is 5.91 Å². The molecule has 6 nitrogen and oxygen atoms in total. The first-order valence-electron chi connectivity index (χ1n) is 11.7. The van der Waals surface area contributed by atoms with Crippen LogP contribution in [0.4, 0.5) is 4.39 Å². The molecule has 1 fully saturated rings. The van der Waals surface area contributed by atoms with Gasteiger partial charge in [0, 0.05) is 30.8 Å². The molecule has 2 heterocycles. The first-order chi connectivity index (χ1) is 15.0. The Bertz CT molecular complexity index is 817. The van der Waals surface area contributed by atoms with E-state index >= 15 is 0 Å². The van der Waals surface area contributed by atoms with Crippen LogP contribution >= 0.6 is 0 Å². The van der Waals surface area contributed by atoms with E-state index in [1.807, 2.05) is 6.20 Å². The average Bonchev–Trinajstić information content (AvgIpc) is 2.68. The van der Waals surface area contributed by atoms with Crippen molar-refractivity contribution >= 4 is 5.91 Å².